The minimum Gasteiger partial charge on any atom is -0.496 e. The largest absolute Gasteiger partial charge is 0.496 e. The highest BCUT2D eigenvalue weighted by atomic mass is 32.1. The summed E-state index contributed by atoms with van der Waals surface area (Å²) in [5.74, 6) is 0.881. The van der Waals surface area contributed by atoms with Crippen molar-refractivity contribution >= 4 is 35.3 Å². The Morgan fingerprint density at radius 3 is 2.21 bits per heavy atom. The number of benzene rings is 2. The average molecular weight is 641 g/mol. The van der Waals surface area contributed by atoms with E-state index >= 15 is 0 Å². The summed E-state index contributed by atoms with van der Waals surface area (Å²) in [6.45, 7) is 16.2. The number of hydrogen-bond donors (Lipinski definition) is 0. The van der Waals surface area contributed by atoms with Crippen LogP contribution in [0.3, 0.4) is 0 Å². The van der Waals surface area contributed by atoms with Gasteiger partial charge in [0.2, 0.25) is 5.70 Å². The summed E-state index contributed by atoms with van der Waals surface area (Å²) in [4.78, 5) is 8.32. The molecule has 2 aromatic carbocycles. The Bertz CT molecular complexity index is 1800. The minimum absolute atomic E-state index is 0.0197. The predicted octanol–water partition coefficient (Wildman–Crippen LogP) is 10.3. The maximum atomic E-state index is 9.50. The molecule has 0 aliphatic carbocycles. The van der Waals surface area contributed by atoms with Crippen molar-refractivity contribution in [3.05, 3.63) is 134 Å². The van der Waals surface area contributed by atoms with Gasteiger partial charge in [0.15, 0.2) is 11.3 Å². The first-order chi connectivity index (χ1) is 22.9. The van der Waals surface area contributed by atoms with Gasteiger partial charge in [-0.1, -0.05) is 75.2 Å². The van der Waals surface area contributed by atoms with E-state index in [9.17, 15) is 10.5 Å². The lowest BCUT2D eigenvalue weighted by molar-refractivity contribution is 0.0754. The van der Waals surface area contributed by atoms with Gasteiger partial charge in [0.05, 0.1) is 13.7 Å². The van der Waals surface area contributed by atoms with Crippen LogP contribution in [-0.2, 0) is 10.3 Å². The number of methoxy groups -OCH3 is 1. The molecule has 7 heteroatoms. The van der Waals surface area contributed by atoms with Crippen LogP contribution in [0.2, 0.25) is 0 Å². The number of ether oxygens (including phenoxy) is 2. The van der Waals surface area contributed by atoms with Gasteiger partial charge in [-0.25, -0.2) is 4.85 Å². The molecule has 0 spiro atoms. The summed E-state index contributed by atoms with van der Waals surface area (Å²) in [7, 11) is 1.72. The van der Waals surface area contributed by atoms with E-state index in [2.05, 4.69) is 66.1 Å². The van der Waals surface area contributed by atoms with Gasteiger partial charge < -0.3 is 14.4 Å². The van der Waals surface area contributed by atoms with Gasteiger partial charge in [-0.15, -0.1) is 11.3 Å². The number of nitrogens with zero attached hydrogens (tertiary/aromatic N) is 4. The van der Waals surface area contributed by atoms with E-state index in [0.717, 1.165) is 39.7 Å². The van der Waals surface area contributed by atoms with Crippen molar-refractivity contribution in [1.29, 1.82) is 10.5 Å². The topological polar surface area (TPSA) is 73.6 Å². The van der Waals surface area contributed by atoms with Crippen molar-refractivity contribution in [2.75, 3.05) is 25.1 Å². The van der Waals surface area contributed by atoms with Crippen LogP contribution in [0.4, 0.5) is 5.69 Å². The summed E-state index contributed by atoms with van der Waals surface area (Å²) in [6, 6.07) is 23.9. The van der Waals surface area contributed by atoms with Gasteiger partial charge in [-0.05, 0) is 67.8 Å². The maximum absolute atomic E-state index is 9.50. The van der Waals surface area contributed by atoms with Gasteiger partial charge >= 0.3 is 0 Å². The fraction of sp³-hybridized carbons (Fsp3) is 0.275. The Kier molecular flexibility index (Phi) is 12.4. The average Bonchev–Trinajstić information content (AvgIpc) is 3.68. The fourth-order valence-corrected chi connectivity index (χ4v) is 6.22. The van der Waals surface area contributed by atoms with E-state index in [1.807, 2.05) is 73.7 Å². The summed E-state index contributed by atoms with van der Waals surface area (Å²) in [5, 5.41) is 19.0. The van der Waals surface area contributed by atoms with Crippen molar-refractivity contribution in [3.63, 3.8) is 0 Å². The van der Waals surface area contributed by atoms with Crippen LogP contribution in [0.25, 0.3) is 23.1 Å². The molecule has 1 aliphatic rings. The Morgan fingerprint density at radius 2 is 1.60 bits per heavy atom. The molecule has 4 rings (SSSR count). The molecule has 0 saturated carbocycles. The number of thiophene rings is 1. The first-order valence-corrected chi connectivity index (χ1v) is 16.7. The molecule has 1 aromatic heterocycles. The number of rotatable bonds is 14. The smallest absolute Gasteiger partial charge is 0.237 e. The fourth-order valence-electron chi connectivity index (χ4n) is 5.40. The van der Waals surface area contributed by atoms with Gasteiger partial charge in [0.1, 0.15) is 23.5 Å². The van der Waals surface area contributed by atoms with Gasteiger partial charge in [0.25, 0.3) is 0 Å². The van der Waals surface area contributed by atoms with Crippen LogP contribution in [0, 0.1) is 29.2 Å². The Balaban J connectivity index is 1.53. The quantitative estimate of drug-likeness (QED) is 0.0996. The summed E-state index contributed by atoms with van der Waals surface area (Å²) in [5.41, 5.74) is 2.57. The molecule has 0 bridgehead atoms. The van der Waals surface area contributed by atoms with Gasteiger partial charge in [0, 0.05) is 45.7 Å². The molecule has 2 heterocycles. The normalized spacial score (nSPS) is 16.0. The highest BCUT2D eigenvalue weighted by Crippen LogP contribution is 2.47. The van der Waals surface area contributed by atoms with Crippen molar-refractivity contribution in [2.24, 2.45) is 0 Å². The molecule has 238 valence electrons. The monoisotopic (exact) mass is 640 g/mol. The molecule has 1 atom stereocenters. The van der Waals surface area contributed by atoms with Crippen molar-refractivity contribution < 1.29 is 9.47 Å². The predicted molar refractivity (Wildman–Crippen MR) is 193 cm³/mol. The summed E-state index contributed by atoms with van der Waals surface area (Å²) in [6.07, 6.45) is 16.5. The Morgan fingerprint density at radius 1 is 0.936 bits per heavy atom. The van der Waals surface area contributed by atoms with Crippen LogP contribution < -0.4 is 9.64 Å². The van der Waals surface area contributed by atoms with Crippen molar-refractivity contribution in [2.45, 2.75) is 52.1 Å². The van der Waals surface area contributed by atoms with Crippen molar-refractivity contribution in [1.82, 2.24) is 0 Å². The first kappa shape index (κ1) is 34.6. The highest BCUT2D eigenvalue weighted by molar-refractivity contribution is 7.13. The zero-order valence-electron chi connectivity index (χ0n) is 27.5. The van der Waals surface area contributed by atoms with Crippen LogP contribution in [0.1, 0.15) is 67.3 Å². The molecule has 0 N–H and O–H groups in total. The third-order valence-electron chi connectivity index (χ3n) is 8.03. The van der Waals surface area contributed by atoms with E-state index < -0.39 is 5.60 Å². The second-order valence-corrected chi connectivity index (χ2v) is 12.4. The van der Waals surface area contributed by atoms with E-state index in [0.29, 0.717) is 5.57 Å². The first-order valence-electron chi connectivity index (χ1n) is 15.9. The highest BCUT2D eigenvalue weighted by Gasteiger charge is 2.43. The van der Waals surface area contributed by atoms with Crippen LogP contribution in [0.5, 0.6) is 5.75 Å². The molecule has 0 saturated heterocycles. The molecule has 3 aromatic rings. The summed E-state index contributed by atoms with van der Waals surface area (Å²) >= 11 is 1.67. The van der Waals surface area contributed by atoms with Gasteiger partial charge in [-0.2, -0.15) is 10.5 Å². The van der Waals surface area contributed by atoms with Crippen LogP contribution in [0.15, 0.2) is 101 Å². The lowest BCUT2D eigenvalue weighted by atomic mass is 9.87. The number of hydrogen-bond acceptors (Lipinski definition) is 6. The number of nitriles is 2. The summed E-state index contributed by atoms with van der Waals surface area (Å²) < 4.78 is 12.0. The second-order valence-electron chi connectivity index (χ2n) is 11.2. The third-order valence-corrected chi connectivity index (χ3v) is 9.05. The molecule has 1 aliphatic heterocycles. The lowest BCUT2D eigenvalue weighted by Crippen LogP contribution is -2.25. The molecular formula is C40H40N4O2S. The van der Waals surface area contributed by atoms with E-state index in [1.54, 1.807) is 18.4 Å². The zero-order valence-corrected chi connectivity index (χ0v) is 28.3. The molecule has 47 heavy (non-hydrogen) atoms. The van der Waals surface area contributed by atoms with E-state index in [4.69, 9.17) is 16.0 Å². The second kappa shape index (κ2) is 16.9. The number of unbranched alkanes of at least 4 members (excludes halogenated alkanes) is 2. The Hall–Kier alpha value is -5.29. The molecule has 0 amide bonds. The molecule has 0 radical (unpaired) electrons. The molecular weight excluding hydrogens is 601 g/mol. The number of allylic oxidation sites excluding steroid dienone is 3. The molecule has 0 fully saturated rings. The number of anilines is 1. The van der Waals surface area contributed by atoms with Crippen LogP contribution >= 0.6 is 11.3 Å². The zero-order chi connectivity index (χ0) is 33.6. The standard InChI is InChI=1S/C40H40N4O2S/c1-6-8-25-44(26-9-7-2)33-21-19-30(37(27-33)45-5)20-22-35-24-23-34(47-35)17-13-14-18-36-38(43-4)39(31(28-41)29-42)46-40(36,3)32-15-11-10-12-16-32/h10-24,27H,6-9,25-26H2,1-3,5H3/b17-13+,18-14+,22-20+. The maximum Gasteiger partial charge on any atom is 0.237 e. The van der Waals surface area contributed by atoms with E-state index in [-0.39, 0.29) is 17.0 Å². The lowest BCUT2D eigenvalue weighted by Gasteiger charge is -2.28. The molecule has 1 unspecified atom stereocenters. The van der Waals surface area contributed by atoms with Crippen LogP contribution in [-0.4, -0.2) is 20.2 Å². The van der Waals surface area contributed by atoms with Gasteiger partial charge in [-0.3, -0.25) is 0 Å². The third kappa shape index (κ3) is 8.30. The SMILES string of the molecule is [C-]#[N+]C1=C(/C=C/C=C/c2ccc(/C=C/c3ccc(N(CCCC)CCCC)cc3OC)s2)C(C)(c2ccccc2)OC1=C(C#N)C#N. The van der Waals surface area contributed by atoms with E-state index in [1.165, 1.54) is 31.4 Å². The molecule has 6 nitrogen and oxygen atoms in total. The van der Waals surface area contributed by atoms with Crippen molar-refractivity contribution in [3.8, 4) is 17.9 Å². The Labute approximate surface area is 283 Å². The minimum atomic E-state index is -1.02.